The van der Waals surface area contributed by atoms with Crippen LogP contribution in [0.5, 0.6) is 5.75 Å². The number of piperazine rings is 1. The summed E-state index contributed by atoms with van der Waals surface area (Å²) in [6, 6.07) is 5.58. The summed E-state index contributed by atoms with van der Waals surface area (Å²) < 4.78 is 44.5. The van der Waals surface area contributed by atoms with Crippen LogP contribution < -0.4 is 10.1 Å². The quantitative estimate of drug-likeness (QED) is 0.796. The highest BCUT2D eigenvalue weighted by atomic mass is 19.3. The molecule has 0 bridgehead atoms. The SMILES string of the molecule is Cc1cncc(F)c1CC[C@H]1CNCCN1C(=O)c1ccc(OC(C)(F)F)cc1. The van der Waals surface area contributed by atoms with E-state index >= 15 is 0 Å². The van der Waals surface area contributed by atoms with Crippen molar-refractivity contribution in [2.75, 3.05) is 19.6 Å². The molecule has 1 aliphatic heterocycles. The van der Waals surface area contributed by atoms with E-state index in [1.165, 1.54) is 30.5 Å². The molecule has 29 heavy (non-hydrogen) atoms. The molecule has 0 unspecified atom stereocenters. The molecule has 1 saturated heterocycles. The summed E-state index contributed by atoms with van der Waals surface area (Å²) in [5.74, 6) is -0.525. The first kappa shape index (κ1) is 21.1. The van der Waals surface area contributed by atoms with Crippen LogP contribution in [0.3, 0.4) is 0 Å². The van der Waals surface area contributed by atoms with Crippen molar-refractivity contribution in [2.24, 2.45) is 0 Å². The molecule has 8 heteroatoms. The van der Waals surface area contributed by atoms with Gasteiger partial charge in [0.2, 0.25) is 0 Å². The van der Waals surface area contributed by atoms with Crippen LogP contribution in [0.25, 0.3) is 0 Å². The molecule has 0 radical (unpaired) electrons. The van der Waals surface area contributed by atoms with Crippen LogP contribution >= 0.6 is 0 Å². The number of halogens is 3. The summed E-state index contributed by atoms with van der Waals surface area (Å²) in [7, 11) is 0. The first-order chi connectivity index (χ1) is 13.7. The van der Waals surface area contributed by atoms with Gasteiger partial charge in [-0.1, -0.05) is 0 Å². The second-order valence-corrected chi connectivity index (χ2v) is 7.25. The van der Waals surface area contributed by atoms with E-state index in [9.17, 15) is 18.0 Å². The number of nitrogens with zero attached hydrogens (tertiary/aromatic N) is 2. The lowest BCUT2D eigenvalue weighted by atomic mass is 9.99. The van der Waals surface area contributed by atoms with Gasteiger partial charge in [-0.3, -0.25) is 9.78 Å². The molecule has 1 fully saturated rings. The Hall–Kier alpha value is -2.61. The van der Waals surface area contributed by atoms with E-state index in [1.807, 2.05) is 6.92 Å². The summed E-state index contributed by atoms with van der Waals surface area (Å²) in [6.07, 6.45) is 0.645. The summed E-state index contributed by atoms with van der Waals surface area (Å²) >= 11 is 0. The average molecular weight is 407 g/mol. The van der Waals surface area contributed by atoms with Crippen molar-refractivity contribution < 1.29 is 22.7 Å². The second-order valence-electron chi connectivity index (χ2n) is 7.25. The predicted octanol–water partition coefficient (Wildman–Crippen LogP) is 3.57. The van der Waals surface area contributed by atoms with Crippen LogP contribution in [-0.2, 0) is 6.42 Å². The van der Waals surface area contributed by atoms with E-state index in [4.69, 9.17) is 0 Å². The zero-order valence-electron chi connectivity index (χ0n) is 16.4. The third-order valence-corrected chi connectivity index (χ3v) is 4.96. The Bertz CT molecular complexity index is 833. The number of amides is 1. The third kappa shape index (κ3) is 5.47. The normalized spacial score (nSPS) is 17.3. The molecule has 1 atom stereocenters. The number of carbonyl (C=O) groups is 1. The lowest BCUT2D eigenvalue weighted by Gasteiger charge is -2.36. The van der Waals surface area contributed by atoms with Crippen LogP contribution in [0.4, 0.5) is 13.2 Å². The number of benzene rings is 1. The van der Waals surface area contributed by atoms with Crippen LogP contribution in [0.1, 0.15) is 34.8 Å². The highest BCUT2D eigenvalue weighted by Crippen LogP contribution is 2.23. The number of pyridine rings is 1. The van der Waals surface area contributed by atoms with E-state index in [2.05, 4.69) is 15.0 Å². The Labute approximate surface area is 167 Å². The highest BCUT2D eigenvalue weighted by molar-refractivity contribution is 5.94. The summed E-state index contributed by atoms with van der Waals surface area (Å²) in [6.45, 7) is 4.27. The van der Waals surface area contributed by atoms with Gasteiger partial charge in [-0.05, 0) is 55.2 Å². The number of ether oxygens (including phenoxy) is 1. The van der Waals surface area contributed by atoms with Gasteiger partial charge in [0.1, 0.15) is 11.6 Å². The number of hydrogen-bond acceptors (Lipinski definition) is 4. The van der Waals surface area contributed by atoms with Gasteiger partial charge in [-0.25, -0.2) is 4.39 Å². The van der Waals surface area contributed by atoms with Crippen LogP contribution in [-0.4, -0.2) is 47.6 Å². The molecule has 2 aromatic rings. The number of aryl methyl sites for hydroxylation is 1. The number of aromatic nitrogens is 1. The molecule has 0 saturated carbocycles. The molecule has 1 aliphatic rings. The molecule has 0 aliphatic carbocycles. The van der Waals surface area contributed by atoms with Crippen molar-refractivity contribution in [3.8, 4) is 5.75 Å². The molecule has 0 spiro atoms. The molecule has 2 heterocycles. The van der Waals surface area contributed by atoms with Crippen LogP contribution in [0, 0.1) is 12.7 Å². The van der Waals surface area contributed by atoms with Gasteiger partial charge in [0.25, 0.3) is 5.91 Å². The van der Waals surface area contributed by atoms with E-state index in [1.54, 1.807) is 11.1 Å². The average Bonchev–Trinajstić information content (AvgIpc) is 2.67. The summed E-state index contributed by atoms with van der Waals surface area (Å²) in [4.78, 5) is 18.6. The Kier molecular flexibility index (Phi) is 6.42. The molecule has 1 N–H and O–H groups in total. The smallest absolute Gasteiger partial charge is 0.394 e. The topological polar surface area (TPSA) is 54.5 Å². The lowest BCUT2D eigenvalue weighted by molar-refractivity contribution is -0.158. The molecule has 5 nitrogen and oxygen atoms in total. The zero-order chi connectivity index (χ0) is 21.0. The number of rotatable bonds is 6. The molecular formula is C21H24F3N3O2. The minimum Gasteiger partial charge on any atom is -0.433 e. The van der Waals surface area contributed by atoms with Crippen LogP contribution in [0.2, 0.25) is 0 Å². The van der Waals surface area contributed by atoms with Crippen molar-refractivity contribution in [3.63, 3.8) is 0 Å². The number of hydrogen-bond donors (Lipinski definition) is 1. The van der Waals surface area contributed by atoms with Crippen molar-refractivity contribution in [3.05, 3.63) is 59.2 Å². The molecule has 1 aromatic heterocycles. The van der Waals surface area contributed by atoms with Gasteiger partial charge in [0, 0.05) is 44.4 Å². The molecule has 1 amide bonds. The van der Waals surface area contributed by atoms with Crippen molar-refractivity contribution >= 4 is 5.91 Å². The lowest BCUT2D eigenvalue weighted by Crippen LogP contribution is -2.53. The van der Waals surface area contributed by atoms with Crippen molar-refractivity contribution in [1.29, 1.82) is 0 Å². The molecule has 156 valence electrons. The second kappa shape index (κ2) is 8.82. The fraction of sp³-hybridized carbons (Fsp3) is 0.429. The first-order valence-corrected chi connectivity index (χ1v) is 9.52. The summed E-state index contributed by atoms with van der Waals surface area (Å²) in [5.41, 5.74) is 1.80. The number of carbonyl (C=O) groups excluding carboxylic acids is 1. The van der Waals surface area contributed by atoms with Crippen molar-refractivity contribution in [2.45, 2.75) is 38.8 Å². The monoisotopic (exact) mass is 407 g/mol. The highest BCUT2D eigenvalue weighted by Gasteiger charge is 2.28. The largest absolute Gasteiger partial charge is 0.433 e. The van der Waals surface area contributed by atoms with Gasteiger partial charge in [0.05, 0.1) is 6.20 Å². The number of alkyl halides is 2. The fourth-order valence-electron chi connectivity index (χ4n) is 3.51. The Morgan fingerprint density at radius 2 is 2.03 bits per heavy atom. The minimum atomic E-state index is -3.28. The maximum Gasteiger partial charge on any atom is 0.394 e. The minimum absolute atomic E-state index is 0.00505. The van der Waals surface area contributed by atoms with E-state index < -0.39 is 6.11 Å². The Balaban J connectivity index is 1.69. The fourth-order valence-corrected chi connectivity index (χ4v) is 3.51. The standard InChI is InChI=1S/C21H24F3N3O2/c1-14-11-26-13-19(22)18(14)8-5-16-12-25-9-10-27(16)20(28)15-3-6-17(7-4-15)29-21(2,23)24/h3-4,6-7,11,13,16,25H,5,8-10,12H2,1-2H3/t16-/m0/s1. The zero-order valence-corrected chi connectivity index (χ0v) is 16.4. The Morgan fingerprint density at radius 3 is 2.69 bits per heavy atom. The van der Waals surface area contributed by atoms with Gasteiger partial charge in [-0.15, -0.1) is 0 Å². The van der Waals surface area contributed by atoms with Gasteiger partial charge in [-0.2, -0.15) is 8.78 Å². The molecule has 3 rings (SSSR count). The number of nitrogens with one attached hydrogen (secondary N) is 1. The van der Waals surface area contributed by atoms with E-state index in [0.29, 0.717) is 50.5 Å². The van der Waals surface area contributed by atoms with E-state index in [0.717, 1.165) is 5.56 Å². The third-order valence-electron chi connectivity index (χ3n) is 4.96. The van der Waals surface area contributed by atoms with Crippen LogP contribution in [0.15, 0.2) is 36.7 Å². The molecule has 1 aromatic carbocycles. The Morgan fingerprint density at radius 1 is 1.31 bits per heavy atom. The maximum absolute atomic E-state index is 14.1. The maximum atomic E-state index is 14.1. The predicted molar refractivity (Wildman–Crippen MR) is 103 cm³/mol. The first-order valence-electron chi connectivity index (χ1n) is 9.52. The van der Waals surface area contributed by atoms with E-state index in [-0.39, 0.29) is 23.5 Å². The van der Waals surface area contributed by atoms with Gasteiger partial charge >= 0.3 is 6.11 Å². The summed E-state index contributed by atoms with van der Waals surface area (Å²) in [5, 5.41) is 3.27. The molecular weight excluding hydrogens is 383 g/mol. The van der Waals surface area contributed by atoms with Gasteiger partial charge in [0.15, 0.2) is 0 Å². The van der Waals surface area contributed by atoms with Gasteiger partial charge < -0.3 is 15.0 Å². The van der Waals surface area contributed by atoms with Crippen molar-refractivity contribution in [1.82, 2.24) is 15.2 Å².